The number of hydrogen-bond donors (Lipinski definition) is 0. The Labute approximate surface area is 136 Å². The second kappa shape index (κ2) is 7.41. The van der Waals surface area contributed by atoms with Crippen molar-refractivity contribution in [3.63, 3.8) is 0 Å². The van der Waals surface area contributed by atoms with Gasteiger partial charge in [0.25, 0.3) is 0 Å². The van der Waals surface area contributed by atoms with Gasteiger partial charge in [-0.3, -0.25) is 4.79 Å². The van der Waals surface area contributed by atoms with Gasteiger partial charge >= 0.3 is 5.97 Å². The Balaban J connectivity index is 1.57. The smallest absolute Gasteiger partial charge is 0.314 e. The van der Waals surface area contributed by atoms with Gasteiger partial charge in [-0.2, -0.15) is 0 Å². The summed E-state index contributed by atoms with van der Waals surface area (Å²) in [5.41, 5.74) is 4.10. The van der Waals surface area contributed by atoms with Gasteiger partial charge in [-0.25, -0.2) is 0 Å². The van der Waals surface area contributed by atoms with Gasteiger partial charge in [0.2, 0.25) is 0 Å². The van der Waals surface area contributed by atoms with Gasteiger partial charge in [-0.05, 0) is 22.3 Å². The Bertz CT molecular complexity index is 747. The first-order chi connectivity index (χ1) is 11.3. The van der Waals surface area contributed by atoms with Gasteiger partial charge in [0.15, 0.2) is 0 Å². The molecule has 1 radical (unpaired) electrons. The molecule has 0 aromatic heterocycles. The summed E-state index contributed by atoms with van der Waals surface area (Å²) in [4.78, 5) is 11.9. The largest absolute Gasteiger partial charge is 0.460 e. The maximum atomic E-state index is 11.9. The van der Waals surface area contributed by atoms with E-state index in [9.17, 15) is 4.79 Å². The molecule has 0 amide bonds. The fourth-order valence-corrected chi connectivity index (χ4v) is 2.31. The zero-order valence-electron chi connectivity index (χ0n) is 12.7. The maximum Gasteiger partial charge on any atom is 0.314 e. The van der Waals surface area contributed by atoms with Crippen LogP contribution in [0.25, 0.3) is 11.1 Å². The molecule has 0 aliphatic rings. The average molecular weight is 301 g/mol. The second-order valence-corrected chi connectivity index (χ2v) is 5.23. The Morgan fingerprint density at radius 2 is 1.30 bits per heavy atom. The number of carbonyl (C=O) groups excluding carboxylic acids is 1. The van der Waals surface area contributed by atoms with Crippen molar-refractivity contribution in [2.24, 2.45) is 0 Å². The van der Waals surface area contributed by atoms with Gasteiger partial charge in [0, 0.05) is 0 Å². The SMILES string of the molecule is O=C([CH]c1ccc(-c2ccccc2)cc1)OCc1ccccc1. The predicted molar refractivity (Wildman–Crippen MR) is 91.5 cm³/mol. The Morgan fingerprint density at radius 3 is 1.96 bits per heavy atom. The van der Waals surface area contributed by atoms with E-state index < -0.39 is 0 Å². The fourth-order valence-electron chi connectivity index (χ4n) is 2.31. The van der Waals surface area contributed by atoms with Crippen LogP contribution in [0.15, 0.2) is 84.9 Å². The van der Waals surface area contributed by atoms with Gasteiger partial charge in [0.1, 0.15) is 6.61 Å². The highest BCUT2D eigenvalue weighted by Gasteiger charge is 2.06. The molecule has 0 bridgehead atoms. The van der Waals surface area contributed by atoms with Crippen molar-refractivity contribution in [1.82, 2.24) is 0 Å². The zero-order valence-corrected chi connectivity index (χ0v) is 12.7. The number of ether oxygens (including phenoxy) is 1. The second-order valence-electron chi connectivity index (χ2n) is 5.23. The molecule has 3 aromatic carbocycles. The first-order valence-corrected chi connectivity index (χ1v) is 7.52. The van der Waals surface area contributed by atoms with Crippen molar-refractivity contribution < 1.29 is 9.53 Å². The lowest BCUT2D eigenvalue weighted by atomic mass is 10.0. The summed E-state index contributed by atoms with van der Waals surface area (Å²) in [5, 5.41) is 0. The van der Waals surface area contributed by atoms with Crippen molar-refractivity contribution in [1.29, 1.82) is 0 Å². The van der Waals surface area contributed by atoms with Crippen LogP contribution in [0.2, 0.25) is 0 Å². The summed E-state index contributed by atoms with van der Waals surface area (Å²) >= 11 is 0. The number of carbonyl (C=O) groups is 1. The van der Waals surface area contributed by atoms with E-state index in [0.29, 0.717) is 0 Å². The van der Waals surface area contributed by atoms with Gasteiger partial charge in [-0.1, -0.05) is 84.9 Å². The molecule has 0 aliphatic heterocycles. The lowest BCUT2D eigenvalue weighted by Gasteiger charge is -2.06. The van der Waals surface area contributed by atoms with E-state index in [1.807, 2.05) is 72.8 Å². The summed E-state index contributed by atoms with van der Waals surface area (Å²) in [6.07, 6.45) is 1.51. The molecule has 2 heteroatoms. The van der Waals surface area contributed by atoms with Crippen LogP contribution in [0.1, 0.15) is 11.1 Å². The lowest BCUT2D eigenvalue weighted by molar-refractivity contribution is -0.140. The Kier molecular flexibility index (Phi) is 4.85. The third-order valence-corrected chi connectivity index (χ3v) is 3.53. The van der Waals surface area contributed by atoms with Crippen molar-refractivity contribution in [2.45, 2.75) is 6.61 Å². The fraction of sp³-hybridized carbons (Fsp3) is 0.0476. The van der Waals surface area contributed by atoms with Crippen LogP contribution in [-0.4, -0.2) is 5.97 Å². The van der Waals surface area contributed by atoms with Gasteiger partial charge in [-0.15, -0.1) is 0 Å². The van der Waals surface area contributed by atoms with Crippen molar-refractivity contribution in [3.05, 3.63) is 102 Å². The van der Waals surface area contributed by atoms with Crippen LogP contribution in [0.5, 0.6) is 0 Å². The summed E-state index contributed by atoms with van der Waals surface area (Å²) in [6.45, 7) is 0.290. The van der Waals surface area contributed by atoms with Crippen LogP contribution in [0.4, 0.5) is 0 Å². The Morgan fingerprint density at radius 1 is 0.739 bits per heavy atom. The van der Waals surface area contributed by atoms with Crippen molar-refractivity contribution in [2.75, 3.05) is 0 Å². The summed E-state index contributed by atoms with van der Waals surface area (Å²) in [5.74, 6) is -0.332. The molecule has 0 fully saturated rings. The van der Waals surface area contributed by atoms with Crippen LogP contribution < -0.4 is 0 Å². The molecule has 3 aromatic rings. The predicted octanol–water partition coefficient (Wildman–Crippen LogP) is 4.65. The normalized spacial score (nSPS) is 10.3. The highest BCUT2D eigenvalue weighted by molar-refractivity contribution is 5.83. The van der Waals surface area contributed by atoms with E-state index in [1.54, 1.807) is 0 Å². The molecular formula is C21H17O2. The third kappa shape index (κ3) is 4.30. The molecule has 0 atom stereocenters. The van der Waals surface area contributed by atoms with Crippen LogP contribution in [0, 0.1) is 6.42 Å². The first-order valence-electron chi connectivity index (χ1n) is 7.52. The molecular weight excluding hydrogens is 284 g/mol. The molecule has 0 N–H and O–H groups in total. The molecule has 0 saturated carbocycles. The molecule has 23 heavy (non-hydrogen) atoms. The molecule has 0 spiro atoms. The Hall–Kier alpha value is -2.87. The minimum atomic E-state index is -0.332. The molecule has 2 nitrogen and oxygen atoms in total. The third-order valence-electron chi connectivity index (χ3n) is 3.53. The molecule has 0 heterocycles. The van der Waals surface area contributed by atoms with E-state index in [0.717, 1.165) is 22.3 Å². The van der Waals surface area contributed by atoms with E-state index in [2.05, 4.69) is 12.1 Å². The van der Waals surface area contributed by atoms with Crippen molar-refractivity contribution in [3.8, 4) is 11.1 Å². The summed E-state index contributed by atoms with van der Waals surface area (Å²) < 4.78 is 5.25. The minimum absolute atomic E-state index is 0.290. The molecule has 3 rings (SSSR count). The number of rotatable bonds is 5. The van der Waals surface area contributed by atoms with Gasteiger partial charge < -0.3 is 4.74 Å². The monoisotopic (exact) mass is 301 g/mol. The standard InChI is InChI=1S/C21H17O2/c22-21(23-16-18-7-3-1-4-8-18)15-17-11-13-20(14-12-17)19-9-5-2-6-10-19/h1-15H,16H2. The minimum Gasteiger partial charge on any atom is -0.460 e. The van der Waals surface area contributed by atoms with E-state index in [-0.39, 0.29) is 12.6 Å². The maximum absolute atomic E-state index is 11.9. The number of hydrogen-bond acceptors (Lipinski definition) is 2. The molecule has 0 aliphatic carbocycles. The van der Waals surface area contributed by atoms with E-state index in [4.69, 9.17) is 4.74 Å². The van der Waals surface area contributed by atoms with Crippen molar-refractivity contribution >= 4 is 5.97 Å². The van der Waals surface area contributed by atoms with Gasteiger partial charge in [0.05, 0.1) is 6.42 Å². The van der Waals surface area contributed by atoms with E-state index in [1.165, 1.54) is 6.42 Å². The van der Waals surface area contributed by atoms with Crippen LogP contribution in [-0.2, 0) is 16.1 Å². The number of benzene rings is 3. The van der Waals surface area contributed by atoms with Crippen LogP contribution in [0.3, 0.4) is 0 Å². The lowest BCUT2D eigenvalue weighted by Crippen LogP contribution is -2.05. The highest BCUT2D eigenvalue weighted by atomic mass is 16.5. The summed E-state index contributed by atoms with van der Waals surface area (Å²) in [6, 6.07) is 27.6. The molecule has 0 saturated heterocycles. The summed E-state index contributed by atoms with van der Waals surface area (Å²) in [7, 11) is 0. The topological polar surface area (TPSA) is 26.3 Å². The highest BCUT2D eigenvalue weighted by Crippen LogP contribution is 2.19. The van der Waals surface area contributed by atoms with Crippen LogP contribution >= 0.6 is 0 Å². The number of esters is 1. The quantitative estimate of drug-likeness (QED) is 0.641. The van der Waals surface area contributed by atoms with E-state index >= 15 is 0 Å². The first kappa shape index (κ1) is 15.0. The average Bonchev–Trinajstić information content (AvgIpc) is 2.62. The zero-order chi connectivity index (χ0) is 15.9. The molecule has 0 unspecified atom stereocenters. The molecule has 113 valence electrons.